The third-order valence-electron chi connectivity index (χ3n) is 2.53. The minimum absolute atomic E-state index is 0.0923. The second-order valence-corrected chi connectivity index (χ2v) is 3.68. The summed E-state index contributed by atoms with van der Waals surface area (Å²) in [6.07, 6.45) is 0. The lowest BCUT2D eigenvalue weighted by Crippen LogP contribution is -2.05. The van der Waals surface area contributed by atoms with Gasteiger partial charge in [0.05, 0.1) is 5.56 Å². The second kappa shape index (κ2) is 4.54. The van der Waals surface area contributed by atoms with Crippen LogP contribution in [-0.2, 0) is 0 Å². The summed E-state index contributed by atoms with van der Waals surface area (Å²) >= 11 is 5.20. The molecule has 0 saturated carbocycles. The molecule has 0 bridgehead atoms. The summed E-state index contributed by atoms with van der Waals surface area (Å²) in [5.41, 5.74) is -0.374. The van der Waals surface area contributed by atoms with E-state index in [9.17, 15) is 9.59 Å². The Morgan fingerprint density at radius 2 is 1.78 bits per heavy atom. The maximum absolute atomic E-state index is 11.2. The maximum atomic E-state index is 11.2. The third-order valence-corrected chi connectivity index (χ3v) is 2.70. The van der Waals surface area contributed by atoms with Crippen LogP contribution in [0, 0.1) is 0 Å². The lowest BCUT2D eigenvalue weighted by Gasteiger charge is -2.09. The highest BCUT2D eigenvalue weighted by Crippen LogP contribution is 2.31. The normalized spacial score (nSPS) is 10.3. The predicted molar refractivity (Wildman–Crippen MR) is 64.3 cm³/mol. The number of aromatic carboxylic acids is 2. The van der Waals surface area contributed by atoms with Gasteiger partial charge < -0.3 is 14.5 Å². The number of rotatable bonds is 3. The largest absolute Gasteiger partial charge is 0.478 e. The molecule has 0 saturated heterocycles. The standard InChI is InChI=1S/C12H7ClO5/c13-18-8-5-4-6-2-1-3-7(11(14)15)9(6)10(8)12(16)17/h1-5H,(H,14,15)(H,16,17). The fraction of sp³-hybridized carbons (Fsp3) is 0. The van der Waals surface area contributed by atoms with E-state index in [1.54, 1.807) is 18.2 Å². The van der Waals surface area contributed by atoms with E-state index in [4.69, 9.17) is 22.1 Å². The molecule has 0 aliphatic heterocycles. The van der Waals surface area contributed by atoms with Crippen LogP contribution in [0.1, 0.15) is 20.7 Å². The van der Waals surface area contributed by atoms with Crippen LogP contribution in [0.4, 0.5) is 0 Å². The molecule has 2 aromatic rings. The number of carbonyl (C=O) groups is 2. The molecule has 0 radical (unpaired) electrons. The molecule has 2 aromatic carbocycles. The molecule has 92 valence electrons. The minimum atomic E-state index is -1.30. The van der Waals surface area contributed by atoms with Crippen LogP contribution < -0.4 is 4.29 Å². The molecule has 2 N–H and O–H groups in total. The van der Waals surface area contributed by atoms with Crippen molar-refractivity contribution < 1.29 is 24.1 Å². The molecule has 0 fully saturated rings. The molecule has 0 aliphatic rings. The van der Waals surface area contributed by atoms with Gasteiger partial charge in [-0.2, -0.15) is 0 Å². The van der Waals surface area contributed by atoms with Gasteiger partial charge in [-0.15, -0.1) is 0 Å². The number of halogens is 1. The first kappa shape index (κ1) is 12.2. The average molecular weight is 267 g/mol. The molecular formula is C12H7ClO5. The molecule has 0 aliphatic carbocycles. The van der Waals surface area contributed by atoms with Gasteiger partial charge in [0.15, 0.2) is 5.75 Å². The zero-order chi connectivity index (χ0) is 13.3. The number of benzene rings is 2. The molecule has 6 heteroatoms. The SMILES string of the molecule is O=C(O)c1cccc2ccc(OCl)c(C(=O)O)c12. The molecule has 0 unspecified atom stereocenters. The fourth-order valence-corrected chi connectivity index (χ4v) is 1.94. The Balaban J connectivity index is 2.97. The molecule has 2 rings (SSSR count). The van der Waals surface area contributed by atoms with Gasteiger partial charge in [-0.3, -0.25) is 0 Å². The zero-order valence-electron chi connectivity index (χ0n) is 8.88. The van der Waals surface area contributed by atoms with E-state index in [1.165, 1.54) is 12.1 Å². The van der Waals surface area contributed by atoms with Gasteiger partial charge in [0.2, 0.25) is 0 Å². The predicted octanol–water partition coefficient (Wildman–Crippen LogP) is 2.77. The first-order valence-corrected chi connectivity index (χ1v) is 5.18. The summed E-state index contributed by atoms with van der Waals surface area (Å²) in [5.74, 6) is -2.61. The number of carboxylic acid groups (broad SMARTS) is 2. The topological polar surface area (TPSA) is 83.8 Å². The Hall–Kier alpha value is -2.27. The summed E-state index contributed by atoms with van der Waals surface area (Å²) in [7, 11) is 0. The van der Waals surface area contributed by atoms with E-state index in [1.807, 2.05) is 0 Å². The molecule has 18 heavy (non-hydrogen) atoms. The lowest BCUT2D eigenvalue weighted by atomic mass is 9.98. The second-order valence-electron chi connectivity index (χ2n) is 3.53. The van der Waals surface area contributed by atoms with E-state index in [2.05, 4.69) is 4.29 Å². The summed E-state index contributed by atoms with van der Waals surface area (Å²) in [6, 6.07) is 7.41. The Bertz CT molecular complexity index is 650. The molecular weight excluding hydrogens is 260 g/mol. The van der Waals surface area contributed by atoms with Gasteiger partial charge in [0.1, 0.15) is 17.4 Å². The third kappa shape index (κ3) is 1.84. The van der Waals surface area contributed by atoms with E-state index < -0.39 is 11.9 Å². The number of hydrogen-bond donors (Lipinski definition) is 2. The summed E-state index contributed by atoms with van der Waals surface area (Å²) in [4.78, 5) is 22.4. The molecule has 0 amide bonds. The van der Waals surface area contributed by atoms with Gasteiger partial charge >= 0.3 is 11.9 Å². The summed E-state index contributed by atoms with van der Waals surface area (Å²) in [6.45, 7) is 0. The smallest absolute Gasteiger partial charge is 0.340 e. The van der Waals surface area contributed by atoms with Crippen LogP contribution in [0.15, 0.2) is 30.3 Å². The van der Waals surface area contributed by atoms with Crippen LogP contribution in [0.5, 0.6) is 5.75 Å². The van der Waals surface area contributed by atoms with Crippen molar-refractivity contribution in [1.29, 1.82) is 0 Å². The van der Waals surface area contributed by atoms with Crippen molar-refractivity contribution >= 4 is 34.6 Å². The van der Waals surface area contributed by atoms with Crippen LogP contribution in [0.25, 0.3) is 10.8 Å². The van der Waals surface area contributed by atoms with Gasteiger partial charge in [-0.25, -0.2) is 9.59 Å². The van der Waals surface area contributed by atoms with Crippen molar-refractivity contribution in [3.05, 3.63) is 41.5 Å². The van der Waals surface area contributed by atoms with E-state index >= 15 is 0 Å². The number of hydrogen-bond acceptors (Lipinski definition) is 3. The molecule has 5 nitrogen and oxygen atoms in total. The molecule has 0 atom stereocenters. The fourth-order valence-electron chi connectivity index (χ4n) is 1.81. The summed E-state index contributed by atoms with van der Waals surface area (Å²) in [5, 5.41) is 18.8. The van der Waals surface area contributed by atoms with Crippen LogP contribution in [0.3, 0.4) is 0 Å². The van der Waals surface area contributed by atoms with Crippen LogP contribution >= 0.6 is 11.9 Å². The number of carboxylic acids is 2. The highest BCUT2D eigenvalue weighted by atomic mass is 35.5. The van der Waals surface area contributed by atoms with Crippen molar-refractivity contribution in [1.82, 2.24) is 0 Å². The van der Waals surface area contributed by atoms with Crippen molar-refractivity contribution in [2.45, 2.75) is 0 Å². The lowest BCUT2D eigenvalue weighted by molar-refractivity contribution is 0.0694. The van der Waals surface area contributed by atoms with E-state index in [0.717, 1.165) is 0 Å². The monoisotopic (exact) mass is 266 g/mol. The molecule has 0 aromatic heterocycles. The van der Waals surface area contributed by atoms with E-state index in [-0.39, 0.29) is 22.3 Å². The quantitative estimate of drug-likeness (QED) is 0.892. The van der Waals surface area contributed by atoms with Gasteiger partial charge in [0.25, 0.3) is 0 Å². The minimum Gasteiger partial charge on any atom is -0.478 e. The summed E-state index contributed by atoms with van der Waals surface area (Å²) < 4.78 is 4.45. The highest BCUT2D eigenvalue weighted by molar-refractivity contribution is 6.16. The zero-order valence-corrected chi connectivity index (χ0v) is 9.64. The first-order valence-electron chi connectivity index (χ1n) is 4.87. The van der Waals surface area contributed by atoms with Gasteiger partial charge in [-0.1, -0.05) is 18.2 Å². The molecule has 0 spiro atoms. The van der Waals surface area contributed by atoms with Gasteiger partial charge in [0, 0.05) is 5.39 Å². The Kier molecular flexibility index (Phi) is 3.08. The average Bonchev–Trinajstić information content (AvgIpc) is 2.35. The van der Waals surface area contributed by atoms with Crippen molar-refractivity contribution in [2.24, 2.45) is 0 Å². The Labute approximate surface area is 106 Å². The van der Waals surface area contributed by atoms with E-state index in [0.29, 0.717) is 5.39 Å². The van der Waals surface area contributed by atoms with Gasteiger partial charge in [-0.05, 0) is 17.5 Å². The van der Waals surface area contributed by atoms with Crippen molar-refractivity contribution in [2.75, 3.05) is 0 Å². The maximum Gasteiger partial charge on any atom is 0.340 e. The van der Waals surface area contributed by atoms with Crippen molar-refractivity contribution in [3.8, 4) is 5.75 Å². The Morgan fingerprint density at radius 1 is 1.06 bits per heavy atom. The first-order chi connectivity index (χ1) is 8.56. The van der Waals surface area contributed by atoms with Crippen LogP contribution in [0.2, 0.25) is 0 Å². The highest BCUT2D eigenvalue weighted by Gasteiger charge is 2.20. The van der Waals surface area contributed by atoms with Crippen molar-refractivity contribution in [3.63, 3.8) is 0 Å². The molecule has 0 heterocycles. The Morgan fingerprint density at radius 3 is 2.33 bits per heavy atom. The number of fused-ring (bicyclic) bond motifs is 1. The van der Waals surface area contributed by atoms with Crippen LogP contribution in [-0.4, -0.2) is 22.2 Å².